The third-order valence-electron chi connectivity index (χ3n) is 3.63. The highest BCUT2D eigenvalue weighted by Crippen LogP contribution is 2.47. The number of aromatic nitrogens is 1. The van der Waals surface area contributed by atoms with Gasteiger partial charge in [-0.25, -0.2) is 4.98 Å². The molecule has 1 aliphatic rings. The lowest BCUT2D eigenvalue weighted by Gasteiger charge is -2.32. The SMILES string of the molecule is CCNC(COC)(c1nc(C(C)C)cs1)C1CC1. The molecule has 2 rings (SSSR count). The molecule has 0 spiro atoms. The fraction of sp³-hybridized carbons (Fsp3) is 0.786. The van der Waals surface area contributed by atoms with Gasteiger partial charge in [-0.05, 0) is 31.2 Å². The zero-order valence-electron chi connectivity index (χ0n) is 11.8. The van der Waals surface area contributed by atoms with Crippen LogP contribution in [0.5, 0.6) is 0 Å². The van der Waals surface area contributed by atoms with Gasteiger partial charge in [-0.3, -0.25) is 0 Å². The third-order valence-corrected chi connectivity index (χ3v) is 4.67. The van der Waals surface area contributed by atoms with E-state index in [0.717, 1.165) is 13.2 Å². The fourth-order valence-electron chi connectivity index (χ4n) is 2.50. The van der Waals surface area contributed by atoms with Crippen LogP contribution in [0, 0.1) is 5.92 Å². The first-order valence-electron chi connectivity index (χ1n) is 6.84. The van der Waals surface area contributed by atoms with Gasteiger partial charge in [0.05, 0.1) is 17.8 Å². The molecule has 3 nitrogen and oxygen atoms in total. The molecule has 1 aromatic rings. The second kappa shape index (κ2) is 5.68. The van der Waals surface area contributed by atoms with Gasteiger partial charge in [0.25, 0.3) is 0 Å². The molecule has 1 aliphatic carbocycles. The molecule has 1 fully saturated rings. The maximum absolute atomic E-state index is 5.49. The van der Waals surface area contributed by atoms with Gasteiger partial charge in [0, 0.05) is 12.5 Å². The lowest BCUT2D eigenvalue weighted by atomic mass is 9.94. The molecule has 0 aliphatic heterocycles. The Labute approximate surface area is 114 Å². The van der Waals surface area contributed by atoms with Crippen molar-refractivity contribution in [1.82, 2.24) is 10.3 Å². The van der Waals surface area contributed by atoms with E-state index in [1.807, 2.05) is 0 Å². The van der Waals surface area contributed by atoms with Crippen molar-refractivity contribution in [1.29, 1.82) is 0 Å². The molecule has 1 heterocycles. The van der Waals surface area contributed by atoms with Gasteiger partial charge in [0.15, 0.2) is 0 Å². The van der Waals surface area contributed by atoms with Crippen molar-refractivity contribution in [2.75, 3.05) is 20.3 Å². The van der Waals surface area contributed by atoms with E-state index in [0.29, 0.717) is 11.8 Å². The molecule has 0 radical (unpaired) electrons. The van der Waals surface area contributed by atoms with Gasteiger partial charge < -0.3 is 10.1 Å². The molecule has 4 heteroatoms. The van der Waals surface area contributed by atoms with Crippen LogP contribution in [0.2, 0.25) is 0 Å². The summed E-state index contributed by atoms with van der Waals surface area (Å²) in [6.07, 6.45) is 2.57. The number of nitrogens with one attached hydrogen (secondary N) is 1. The minimum atomic E-state index is -0.0543. The number of methoxy groups -OCH3 is 1. The molecule has 1 unspecified atom stereocenters. The van der Waals surface area contributed by atoms with Gasteiger partial charge in [0.1, 0.15) is 5.01 Å². The van der Waals surface area contributed by atoms with E-state index in [1.165, 1.54) is 23.5 Å². The maximum Gasteiger partial charge on any atom is 0.116 e. The Hall–Kier alpha value is -0.450. The zero-order valence-corrected chi connectivity index (χ0v) is 12.6. The molecule has 102 valence electrons. The zero-order chi connectivity index (χ0) is 13.2. The van der Waals surface area contributed by atoms with Crippen molar-refractivity contribution >= 4 is 11.3 Å². The lowest BCUT2D eigenvalue weighted by molar-refractivity contribution is 0.0936. The molecular formula is C14H24N2OS. The van der Waals surface area contributed by atoms with Crippen LogP contribution in [0.3, 0.4) is 0 Å². The molecular weight excluding hydrogens is 244 g/mol. The standard InChI is InChI=1S/C14H24N2OS/c1-5-15-14(9-17-4,11-6-7-11)13-16-12(8-18-13)10(2)3/h8,10-11,15H,5-7,9H2,1-4H3. The largest absolute Gasteiger partial charge is 0.382 e. The van der Waals surface area contributed by atoms with Crippen molar-refractivity contribution in [3.05, 3.63) is 16.1 Å². The average Bonchev–Trinajstić information content (AvgIpc) is 3.06. The number of rotatable bonds is 7. The summed E-state index contributed by atoms with van der Waals surface area (Å²) in [5.41, 5.74) is 1.15. The van der Waals surface area contributed by atoms with E-state index in [1.54, 1.807) is 18.4 Å². The highest BCUT2D eigenvalue weighted by molar-refractivity contribution is 7.09. The van der Waals surface area contributed by atoms with Crippen LogP contribution in [0.15, 0.2) is 5.38 Å². The Morgan fingerprint density at radius 1 is 1.56 bits per heavy atom. The van der Waals surface area contributed by atoms with E-state index in [9.17, 15) is 0 Å². The van der Waals surface area contributed by atoms with Crippen LogP contribution >= 0.6 is 11.3 Å². The number of thiazole rings is 1. The molecule has 1 saturated carbocycles. The number of likely N-dealkylation sites (N-methyl/N-ethyl adjacent to an activating group) is 1. The van der Waals surface area contributed by atoms with Gasteiger partial charge in [-0.15, -0.1) is 11.3 Å². The summed E-state index contributed by atoms with van der Waals surface area (Å²) >= 11 is 1.78. The Balaban J connectivity index is 2.30. The highest BCUT2D eigenvalue weighted by Gasteiger charge is 2.48. The summed E-state index contributed by atoms with van der Waals surface area (Å²) in [6.45, 7) is 8.22. The monoisotopic (exact) mass is 268 g/mol. The van der Waals surface area contributed by atoms with E-state index in [2.05, 4.69) is 31.5 Å². The number of ether oxygens (including phenoxy) is 1. The molecule has 0 amide bonds. The van der Waals surface area contributed by atoms with Crippen LogP contribution < -0.4 is 5.32 Å². The second-order valence-electron chi connectivity index (χ2n) is 5.44. The Morgan fingerprint density at radius 3 is 2.72 bits per heavy atom. The first kappa shape index (κ1) is 14.0. The van der Waals surface area contributed by atoms with Crippen LogP contribution in [-0.4, -0.2) is 25.2 Å². The molecule has 1 aromatic heterocycles. The first-order chi connectivity index (χ1) is 8.64. The van der Waals surface area contributed by atoms with Crippen molar-refractivity contribution in [2.45, 2.75) is 45.1 Å². The van der Waals surface area contributed by atoms with Crippen molar-refractivity contribution in [3.8, 4) is 0 Å². The fourth-order valence-corrected chi connectivity index (χ4v) is 3.72. The quantitative estimate of drug-likeness (QED) is 0.825. The molecule has 0 bridgehead atoms. The van der Waals surface area contributed by atoms with Gasteiger partial charge in [-0.2, -0.15) is 0 Å². The number of hydrogen-bond donors (Lipinski definition) is 1. The van der Waals surface area contributed by atoms with Crippen molar-refractivity contribution in [3.63, 3.8) is 0 Å². The summed E-state index contributed by atoms with van der Waals surface area (Å²) < 4.78 is 5.49. The van der Waals surface area contributed by atoms with Crippen LogP contribution in [0.4, 0.5) is 0 Å². The van der Waals surface area contributed by atoms with Crippen LogP contribution in [0.1, 0.15) is 50.2 Å². The van der Waals surface area contributed by atoms with E-state index in [4.69, 9.17) is 9.72 Å². The Morgan fingerprint density at radius 2 is 2.28 bits per heavy atom. The predicted molar refractivity (Wildman–Crippen MR) is 76.2 cm³/mol. The number of nitrogens with zero attached hydrogens (tertiary/aromatic N) is 1. The molecule has 18 heavy (non-hydrogen) atoms. The Kier molecular flexibility index (Phi) is 4.41. The maximum atomic E-state index is 5.49. The van der Waals surface area contributed by atoms with Crippen LogP contribution in [-0.2, 0) is 10.3 Å². The minimum Gasteiger partial charge on any atom is -0.382 e. The first-order valence-corrected chi connectivity index (χ1v) is 7.72. The summed E-state index contributed by atoms with van der Waals surface area (Å²) in [5, 5.41) is 7.05. The summed E-state index contributed by atoms with van der Waals surface area (Å²) in [7, 11) is 1.78. The predicted octanol–water partition coefficient (Wildman–Crippen LogP) is 3.13. The topological polar surface area (TPSA) is 34.1 Å². The van der Waals surface area contributed by atoms with Crippen LogP contribution in [0.25, 0.3) is 0 Å². The van der Waals surface area contributed by atoms with E-state index in [-0.39, 0.29) is 5.54 Å². The highest BCUT2D eigenvalue weighted by atomic mass is 32.1. The lowest BCUT2D eigenvalue weighted by Crippen LogP contribution is -2.48. The smallest absolute Gasteiger partial charge is 0.116 e. The molecule has 0 aromatic carbocycles. The normalized spacial score (nSPS) is 19.2. The number of hydrogen-bond acceptors (Lipinski definition) is 4. The minimum absolute atomic E-state index is 0.0543. The van der Waals surface area contributed by atoms with E-state index < -0.39 is 0 Å². The van der Waals surface area contributed by atoms with E-state index >= 15 is 0 Å². The molecule has 1 atom stereocenters. The molecule has 0 saturated heterocycles. The van der Waals surface area contributed by atoms with Gasteiger partial charge in [-0.1, -0.05) is 20.8 Å². The molecule has 1 N–H and O–H groups in total. The van der Waals surface area contributed by atoms with Crippen molar-refractivity contribution < 1.29 is 4.74 Å². The summed E-state index contributed by atoms with van der Waals surface area (Å²) in [6, 6.07) is 0. The average molecular weight is 268 g/mol. The summed E-state index contributed by atoms with van der Waals surface area (Å²) in [4.78, 5) is 4.86. The second-order valence-corrected chi connectivity index (χ2v) is 6.30. The van der Waals surface area contributed by atoms with Gasteiger partial charge >= 0.3 is 0 Å². The van der Waals surface area contributed by atoms with Crippen molar-refractivity contribution in [2.24, 2.45) is 5.92 Å². The van der Waals surface area contributed by atoms with Gasteiger partial charge in [0.2, 0.25) is 0 Å². The summed E-state index contributed by atoms with van der Waals surface area (Å²) in [5.74, 6) is 1.18. The third kappa shape index (κ3) is 2.60. The Bertz CT molecular complexity index is 379.